The summed E-state index contributed by atoms with van der Waals surface area (Å²) >= 11 is 0. The van der Waals surface area contributed by atoms with Crippen LogP contribution < -0.4 is 10.6 Å². The number of aryl methyl sites for hydroxylation is 1. The Kier molecular flexibility index (Phi) is 6.26. The first-order chi connectivity index (χ1) is 20.1. The molecule has 1 unspecified atom stereocenters. The number of imidazole rings is 1. The van der Waals surface area contributed by atoms with Crippen LogP contribution in [0.2, 0.25) is 0 Å². The summed E-state index contributed by atoms with van der Waals surface area (Å²) in [5.41, 5.74) is 6.72. The lowest BCUT2D eigenvalue weighted by Gasteiger charge is -2.40. The first-order valence-electron chi connectivity index (χ1n) is 14.0. The molecule has 0 spiro atoms. The molecule has 9 nitrogen and oxygen atoms in total. The number of nitrogens with zero attached hydrogens (tertiary/aromatic N) is 5. The third-order valence-electron chi connectivity index (χ3n) is 8.23. The zero-order valence-electron chi connectivity index (χ0n) is 22.8. The van der Waals surface area contributed by atoms with Crippen molar-refractivity contribution in [1.29, 1.82) is 0 Å². The maximum atomic E-state index is 13.6. The molecule has 4 amide bonds. The maximum Gasteiger partial charge on any atom is 0.322 e. The number of hydrogen-bond acceptors (Lipinski definition) is 4. The molecule has 3 aromatic carbocycles. The summed E-state index contributed by atoms with van der Waals surface area (Å²) in [6.45, 7) is 3.70. The number of piperidine rings is 1. The van der Waals surface area contributed by atoms with E-state index in [2.05, 4.69) is 27.3 Å². The average Bonchev–Trinajstić information content (AvgIpc) is 3.33. The van der Waals surface area contributed by atoms with Gasteiger partial charge in [0.2, 0.25) is 0 Å². The number of fused-ring (bicyclic) bond motifs is 4. The minimum absolute atomic E-state index is 0.0732. The molecular formula is C32H31N7O2. The van der Waals surface area contributed by atoms with Crippen LogP contribution in [0.5, 0.6) is 0 Å². The van der Waals surface area contributed by atoms with E-state index in [4.69, 9.17) is 9.98 Å². The summed E-state index contributed by atoms with van der Waals surface area (Å²) in [6, 6.07) is 25.9. The molecule has 9 heteroatoms. The number of amides is 4. The number of benzene rings is 3. The molecular weight excluding hydrogens is 514 g/mol. The van der Waals surface area contributed by atoms with Gasteiger partial charge in [-0.3, -0.25) is 9.56 Å². The average molecular weight is 546 g/mol. The number of para-hydroxylation sites is 2. The van der Waals surface area contributed by atoms with Gasteiger partial charge in [0.15, 0.2) is 12.0 Å². The molecule has 41 heavy (non-hydrogen) atoms. The smallest absolute Gasteiger partial charge is 0.322 e. The highest BCUT2D eigenvalue weighted by molar-refractivity contribution is 6.15. The highest BCUT2D eigenvalue weighted by atomic mass is 16.2. The van der Waals surface area contributed by atoms with Crippen molar-refractivity contribution in [3.63, 3.8) is 0 Å². The van der Waals surface area contributed by atoms with E-state index >= 15 is 0 Å². The monoisotopic (exact) mass is 545 g/mol. The minimum Gasteiger partial charge on any atom is -0.325 e. The lowest BCUT2D eigenvalue weighted by Crippen LogP contribution is -2.52. The topological polar surface area (TPSA) is 94.9 Å². The summed E-state index contributed by atoms with van der Waals surface area (Å²) in [5, 5.41) is 6.18. The second kappa shape index (κ2) is 10.2. The molecule has 1 saturated heterocycles. The maximum absolute atomic E-state index is 13.6. The quantitative estimate of drug-likeness (QED) is 0.368. The van der Waals surface area contributed by atoms with Gasteiger partial charge >= 0.3 is 12.1 Å². The number of aromatic nitrogens is 2. The van der Waals surface area contributed by atoms with Crippen LogP contribution in [0.15, 0.2) is 90.1 Å². The molecule has 0 bridgehead atoms. The van der Waals surface area contributed by atoms with Crippen LogP contribution in [0.1, 0.15) is 47.2 Å². The van der Waals surface area contributed by atoms with Crippen LogP contribution in [-0.4, -0.2) is 56.3 Å². The summed E-state index contributed by atoms with van der Waals surface area (Å²) in [6.07, 6.45) is 2.58. The predicted octanol–water partition coefficient (Wildman–Crippen LogP) is 5.25. The number of rotatable bonds is 3. The van der Waals surface area contributed by atoms with Crippen LogP contribution >= 0.6 is 0 Å². The molecule has 3 aliphatic heterocycles. The first kappa shape index (κ1) is 25.1. The lowest BCUT2D eigenvalue weighted by molar-refractivity contribution is 0.127. The van der Waals surface area contributed by atoms with E-state index in [0.29, 0.717) is 38.3 Å². The highest BCUT2D eigenvalue weighted by Gasteiger charge is 2.34. The van der Waals surface area contributed by atoms with Crippen molar-refractivity contribution in [3.8, 4) is 5.69 Å². The SMILES string of the molecule is Cc1cnc2n1-c1ccccc1C(c1ccccc1)=NC2NC(=O)N1CCC(N2Cc3ccccc3NC2=O)CC1. The standard InChI is InChI=1S/C32H31N7O2/c1-21-19-33-30-29(35-28(22-9-3-2-4-10-22)25-12-6-8-14-27(25)39(21)30)36-31(40)37-17-15-24(16-18-37)38-20-23-11-5-7-13-26(23)34-32(38)41/h2-14,19,24,29H,15-18,20H2,1H3,(H,34,41)(H,36,40). The van der Waals surface area contributed by atoms with E-state index in [0.717, 1.165) is 39.5 Å². The fraction of sp³-hybridized carbons (Fsp3) is 0.250. The van der Waals surface area contributed by atoms with Gasteiger partial charge in [0.05, 0.1) is 11.4 Å². The molecule has 0 saturated carbocycles. The second-order valence-electron chi connectivity index (χ2n) is 10.7. The normalized spacial score (nSPS) is 18.4. The number of hydrogen-bond donors (Lipinski definition) is 2. The third-order valence-corrected chi connectivity index (χ3v) is 8.23. The van der Waals surface area contributed by atoms with Crippen LogP contribution in [0.4, 0.5) is 15.3 Å². The second-order valence-corrected chi connectivity index (χ2v) is 10.7. The zero-order chi connectivity index (χ0) is 27.9. The Labute approximate surface area is 238 Å². The Morgan fingerprint density at radius 3 is 2.51 bits per heavy atom. The Morgan fingerprint density at radius 1 is 0.951 bits per heavy atom. The zero-order valence-corrected chi connectivity index (χ0v) is 22.8. The molecule has 4 aromatic rings. The predicted molar refractivity (Wildman–Crippen MR) is 157 cm³/mol. The van der Waals surface area contributed by atoms with Gasteiger partial charge in [0, 0.05) is 54.4 Å². The van der Waals surface area contributed by atoms with Crippen molar-refractivity contribution in [3.05, 3.63) is 113 Å². The molecule has 0 aliphatic carbocycles. The molecule has 1 fully saturated rings. The van der Waals surface area contributed by atoms with Gasteiger partial charge in [-0.25, -0.2) is 14.6 Å². The van der Waals surface area contributed by atoms with Crippen LogP contribution in [-0.2, 0) is 6.54 Å². The number of carbonyl (C=O) groups is 2. The van der Waals surface area contributed by atoms with E-state index in [1.807, 2.05) is 89.7 Å². The third kappa shape index (κ3) is 4.53. The van der Waals surface area contributed by atoms with Gasteiger partial charge in [0.25, 0.3) is 0 Å². The Hall–Kier alpha value is -4.92. The van der Waals surface area contributed by atoms with Crippen LogP contribution in [0, 0.1) is 6.92 Å². The van der Waals surface area contributed by atoms with E-state index < -0.39 is 6.17 Å². The number of anilines is 1. The van der Waals surface area contributed by atoms with Crippen molar-refractivity contribution in [2.24, 2.45) is 4.99 Å². The van der Waals surface area contributed by atoms with Crippen molar-refractivity contribution < 1.29 is 9.59 Å². The van der Waals surface area contributed by atoms with Crippen molar-refractivity contribution in [2.75, 3.05) is 18.4 Å². The molecule has 7 rings (SSSR count). The molecule has 1 atom stereocenters. The fourth-order valence-corrected chi connectivity index (χ4v) is 6.12. The Morgan fingerprint density at radius 2 is 1.68 bits per heavy atom. The van der Waals surface area contributed by atoms with Gasteiger partial charge in [-0.1, -0.05) is 66.7 Å². The van der Waals surface area contributed by atoms with Gasteiger partial charge in [-0.15, -0.1) is 0 Å². The van der Waals surface area contributed by atoms with E-state index in [9.17, 15) is 9.59 Å². The molecule has 3 aliphatic rings. The van der Waals surface area contributed by atoms with Gasteiger partial charge < -0.3 is 20.4 Å². The Bertz CT molecular complexity index is 1650. The van der Waals surface area contributed by atoms with E-state index in [1.54, 1.807) is 0 Å². The number of likely N-dealkylation sites (tertiary alicyclic amines) is 1. The van der Waals surface area contributed by atoms with E-state index in [-0.39, 0.29) is 18.1 Å². The van der Waals surface area contributed by atoms with Crippen LogP contribution in [0.3, 0.4) is 0 Å². The van der Waals surface area contributed by atoms with Crippen molar-refractivity contribution in [2.45, 2.75) is 38.5 Å². The molecule has 4 heterocycles. The van der Waals surface area contributed by atoms with Gasteiger partial charge in [-0.05, 0) is 37.5 Å². The Balaban J connectivity index is 1.12. The molecule has 2 N–H and O–H groups in total. The van der Waals surface area contributed by atoms with Crippen LogP contribution in [0.25, 0.3) is 5.69 Å². The summed E-state index contributed by atoms with van der Waals surface area (Å²) < 4.78 is 2.08. The summed E-state index contributed by atoms with van der Waals surface area (Å²) in [7, 11) is 0. The lowest BCUT2D eigenvalue weighted by atomic mass is 10.0. The number of urea groups is 2. The first-order valence-corrected chi connectivity index (χ1v) is 14.0. The van der Waals surface area contributed by atoms with Gasteiger partial charge in [-0.2, -0.15) is 0 Å². The molecule has 206 valence electrons. The highest BCUT2D eigenvalue weighted by Crippen LogP contribution is 2.31. The molecule has 0 radical (unpaired) electrons. The van der Waals surface area contributed by atoms with Gasteiger partial charge in [0.1, 0.15) is 0 Å². The summed E-state index contributed by atoms with van der Waals surface area (Å²) in [4.78, 5) is 40.0. The van der Waals surface area contributed by atoms with Crippen molar-refractivity contribution in [1.82, 2.24) is 24.7 Å². The molecule has 1 aromatic heterocycles. The number of carbonyl (C=O) groups excluding carboxylic acids is 2. The fourth-order valence-electron chi connectivity index (χ4n) is 6.12. The van der Waals surface area contributed by atoms with Crippen molar-refractivity contribution >= 4 is 23.5 Å². The number of aliphatic imine (C=N–C) groups is 1. The summed E-state index contributed by atoms with van der Waals surface area (Å²) in [5.74, 6) is 0.674. The number of nitrogens with one attached hydrogen (secondary N) is 2. The minimum atomic E-state index is -0.666. The largest absolute Gasteiger partial charge is 0.325 e. The van der Waals surface area contributed by atoms with E-state index in [1.165, 1.54) is 0 Å².